The maximum atomic E-state index is 12.4. The molecule has 0 aromatic carbocycles. The van der Waals surface area contributed by atoms with Crippen LogP contribution in [0.4, 0.5) is 0 Å². The molecule has 0 saturated heterocycles. The molecule has 0 aliphatic rings. The lowest BCUT2D eigenvalue weighted by Gasteiger charge is -2.16. The van der Waals surface area contributed by atoms with E-state index >= 15 is 0 Å². The van der Waals surface area contributed by atoms with Crippen LogP contribution in [0.3, 0.4) is 0 Å². The van der Waals surface area contributed by atoms with Crippen molar-refractivity contribution < 1.29 is 75.9 Å². The number of hydrogen-bond donors (Lipinski definition) is 8. The molecule has 454 valence electrons. The van der Waals surface area contributed by atoms with E-state index in [-0.39, 0.29) is 151 Å². The summed E-state index contributed by atoms with van der Waals surface area (Å²) in [6.07, 6.45) is 19.3. The Labute approximate surface area is 470 Å². The lowest BCUT2D eigenvalue weighted by atomic mass is 10.0. The van der Waals surface area contributed by atoms with Gasteiger partial charge in [0, 0.05) is 44.5 Å². The zero-order valence-electron chi connectivity index (χ0n) is 46.7. The molecule has 1 heterocycles. The summed E-state index contributed by atoms with van der Waals surface area (Å²) in [4.78, 5) is 96.4. The molecule has 3 atom stereocenters. The number of aromatic amines is 1. The number of rotatable bonds is 57. The van der Waals surface area contributed by atoms with Crippen molar-refractivity contribution in [1.82, 2.24) is 41.9 Å². The minimum Gasteiger partial charge on any atom is -0.480 e. The van der Waals surface area contributed by atoms with Gasteiger partial charge in [0.2, 0.25) is 17.7 Å². The number of nitrogens with one attached hydrogen (secondary N) is 5. The van der Waals surface area contributed by atoms with Crippen LogP contribution in [0.15, 0.2) is 0 Å². The summed E-state index contributed by atoms with van der Waals surface area (Å²) < 4.78 is 46.2. The van der Waals surface area contributed by atoms with Crippen molar-refractivity contribution in [3.8, 4) is 0 Å². The first-order valence-electron chi connectivity index (χ1n) is 28.1. The van der Waals surface area contributed by atoms with Crippen LogP contribution in [0.5, 0.6) is 0 Å². The van der Waals surface area contributed by atoms with Gasteiger partial charge in [-0.2, -0.15) is 17.0 Å². The first-order valence-corrected chi connectivity index (χ1v) is 31.0. The summed E-state index contributed by atoms with van der Waals surface area (Å²) in [6, 6.07) is -2.80. The number of aliphatic carboxylic acids is 1. The summed E-state index contributed by atoms with van der Waals surface area (Å²) in [7, 11) is -3.59. The zero-order chi connectivity index (χ0) is 58.2. The van der Waals surface area contributed by atoms with Crippen LogP contribution in [0.2, 0.25) is 0 Å². The molecule has 0 unspecified atom stereocenters. The molecule has 0 aliphatic heterocycles. The molecule has 0 aliphatic carbocycles. The van der Waals surface area contributed by atoms with E-state index in [0.717, 1.165) is 37.9 Å². The lowest BCUT2D eigenvalue weighted by molar-refractivity contribution is -0.143. The Morgan fingerprint density at radius 2 is 1.18 bits per heavy atom. The van der Waals surface area contributed by atoms with Crippen LogP contribution in [-0.2, 0) is 73.6 Å². The molecule has 25 nitrogen and oxygen atoms in total. The normalized spacial score (nSPS) is 12.6. The number of carboxylic acids is 1. The Morgan fingerprint density at radius 3 is 1.73 bits per heavy atom. The predicted octanol–water partition coefficient (Wildman–Crippen LogP) is 1.91. The summed E-state index contributed by atoms with van der Waals surface area (Å²) in [5.41, 5.74) is 5.48. The molecular weight excluding hydrogens is 1070 g/mol. The second-order valence-electron chi connectivity index (χ2n) is 19.5. The molecule has 1 aromatic heterocycles. The van der Waals surface area contributed by atoms with Gasteiger partial charge in [0.1, 0.15) is 42.4 Å². The van der Waals surface area contributed by atoms with Gasteiger partial charge in [-0.3, -0.25) is 38.9 Å². The molecule has 27 heteroatoms. The SMILES string of the molecule is CC(=O)[C@H](CSCC(=O)CCCCC[C@H](NC(=O)COCCOCCNC(=O)COCCOCCNC(=O)CCCS(=O)(=O)CC(=O)CCCCCCCCCCCCCCCCc1nn[nH]n1)C(=O)O)NCC(=O)[C@@H](N)CO. The van der Waals surface area contributed by atoms with Crippen LogP contribution in [0, 0.1) is 0 Å². The second kappa shape index (κ2) is 48.4. The molecule has 0 fully saturated rings. The minimum absolute atomic E-state index is 0.00944. The smallest absolute Gasteiger partial charge is 0.326 e. The van der Waals surface area contributed by atoms with E-state index < -0.39 is 58.0 Å². The Balaban J connectivity index is 1.93. The van der Waals surface area contributed by atoms with E-state index in [1.54, 1.807) is 0 Å². The first-order chi connectivity index (χ1) is 38.0. The molecule has 0 saturated carbocycles. The Morgan fingerprint density at radius 1 is 0.646 bits per heavy atom. The minimum atomic E-state index is -3.59. The average molecular weight is 1160 g/mol. The fourth-order valence-electron chi connectivity index (χ4n) is 7.77. The Hall–Kier alpha value is -4.35. The number of aliphatic hydroxyl groups is 1. The van der Waals surface area contributed by atoms with Gasteiger partial charge in [0.05, 0.1) is 76.4 Å². The number of nitrogens with two attached hydrogens (primary N) is 1. The van der Waals surface area contributed by atoms with Gasteiger partial charge in [-0.05, 0) is 39.0 Å². The molecule has 0 radical (unpaired) electrons. The second-order valence-corrected chi connectivity index (χ2v) is 22.7. The number of thioether (sulfide) groups is 1. The fraction of sp³-hybridized carbons (Fsp3) is 0.827. The summed E-state index contributed by atoms with van der Waals surface area (Å²) >= 11 is 1.25. The molecule has 1 rings (SSSR count). The van der Waals surface area contributed by atoms with E-state index in [9.17, 15) is 51.9 Å². The van der Waals surface area contributed by atoms with Crippen LogP contribution < -0.4 is 27.0 Å². The number of aryl methyl sites for hydroxylation is 1. The van der Waals surface area contributed by atoms with Gasteiger partial charge < -0.3 is 50.8 Å². The standard InChI is InChI=1S/C52H93N9O16S2/c1-41(63)46(56-34-47(66)44(53)35-62)39-78-38-42(64)20-16-14-17-22-45(52(70)71)57-51(69)37-77-32-30-75-28-26-55-50(68)36-76-31-29-74-27-25-54-49(67)24-19-33-79(72,73)40-43(65)21-15-12-10-8-6-4-2-3-5-7-9-11-13-18-23-48-58-60-61-59-48/h44-46,56,62H,2-40,53H2,1H3,(H,54,67)(H,55,68)(H,57,69)(H,70,71)(H,58,59,60,61)/t44-,45-,46-/m0/s1. The first kappa shape index (κ1) is 72.7. The van der Waals surface area contributed by atoms with E-state index in [1.807, 2.05) is 0 Å². The number of nitrogens with zero attached hydrogens (tertiary/aromatic N) is 3. The summed E-state index contributed by atoms with van der Waals surface area (Å²) in [6.45, 7) is 1.34. The Kier molecular flexibility index (Phi) is 44.5. The maximum Gasteiger partial charge on any atom is 0.326 e. The topological polar surface area (TPSA) is 377 Å². The highest BCUT2D eigenvalue weighted by Crippen LogP contribution is 2.15. The van der Waals surface area contributed by atoms with Crippen molar-refractivity contribution in [2.75, 3.05) is 102 Å². The number of Topliss-reactive ketones (excluding diaryl/α,β-unsaturated/α-hetero) is 4. The van der Waals surface area contributed by atoms with Crippen LogP contribution in [-0.4, -0.2) is 206 Å². The van der Waals surface area contributed by atoms with Crippen LogP contribution >= 0.6 is 11.8 Å². The fourth-order valence-corrected chi connectivity index (χ4v) is 10.2. The monoisotopic (exact) mass is 1160 g/mol. The molecule has 9 N–H and O–H groups in total. The maximum absolute atomic E-state index is 12.4. The lowest BCUT2D eigenvalue weighted by Crippen LogP contribution is -2.46. The highest BCUT2D eigenvalue weighted by Gasteiger charge is 2.21. The molecule has 79 heavy (non-hydrogen) atoms. The average Bonchev–Trinajstić information content (AvgIpc) is 3.93. The summed E-state index contributed by atoms with van der Waals surface area (Å²) in [5, 5.41) is 43.0. The van der Waals surface area contributed by atoms with Crippen molar-refractivity contribution in [3.05, 3.63) is 5.82 Å². The third kappa shape index (κ3) is 44.0. The van der Waals surface area contributed by atoms with E-state index in [1.165, 1.54) is 76.5 Å². The van der Waals surface area contributed by atoms with Gasteiger partial charge in [-0.25, -0.2) is 13.2 Å². The van der Waals surface area contributed by atoms with Crippen molar-refractivity contribution in [2.45, 2.75) is 173 Å². The van der Waals surface area contributed by atoms with Crippen molar-refractivity contribution in [2.24, 2.45) is 5.73 Å². The van der Waals surface area contributed by atoms with Crippen molar-refractivity contribution in [3.63, 3.8) is 0 Å². The third-order valence-corrected chi connectivity index (χ3v) is 15.1. The van der Waals surface area contributed by atoms with Gasteiger partial charge in [-0.1, -0.05) is 95.1 Å². The number of ether oxygens (including phenoxy) is 4. The molecule has 1 aromatic rings. The van der Waals surface area contributed by atoms with Gasteiger partial charge >= 0.3 is 5.97 Å². The highest BCUT2D eigenvalue weighted by atomic mass is 32.2. The van der Waals surface area contributed by atoms with Crippen LogP contribution in [0.25, 0.3) is 0 Å². The third-order valence-electron chi connectivity index (χ3n) is 12.3. The number of hydrogen-bond acceptors (Lipinski definition) is 21. The molecule has 0 spiro atoms. The highest BCUT2D eigenvalue weighted by molar-refractivity contribution is 8.00. The van der Waals surface area contributed by atoms with Crippen molar-refractivity contribution >= 4 is 68.4 Å². The van der Waals surface area contributed by atoms with Crippen LogP contribution in [0.1, 0.15) is 154 Å². The number of sulfone groups is 1. The van der Waals surface area contributed by atoms with Crippen molar-refractivity contribution in [1.29, 1.82) is 0 Å². The quantitative estimate of drug-likeness (QED) is 0.0432. The number of H-pyrrole nitrogens is 1. The number of carbonyl (C=O) groups excluding carboxylic acids is 7. The number of tetrazole rings is 1. The predicted molar refractivity (Wildman–Crippen MR) is 297 cm³/mol. The molecular formula is C52H93N9O16S2. The number of unbranched alkanes of at least 4 members (excludes halogenated alkanes) is 15. The van der Waals surface area contributed by atoms with E-state index in [4.69, 9.17) is 29.8 Å². The van der Waals surface area contributed by atoms with E-state index in [0.29, 0.717) is 25.7 Å². The molecule has 0 bridgehead atoms. The number of carboxylic acid groups (broad SMARTS) is 1. The number of amides is 3. The zero-order valence-corrected chi connectivity index (χ0v) is 48.3. The van der Waals surface area contributed by atoms with Gasteiger partial charge in [0.25, 0.3) is 0 Å². The number of ketones is 4. The largest absolute Gasteiger partial charge is 0.480 e. The molecule has 3 amide bonds. The van der Waals surface area contributed by atoms with Gasteiger partial charge in [0.15, 0.2) is 21.4 Å². The summed E-state index contributed by atoms with van der Waals surface area (Å²) in [5.74, 6) is -2.93. The van der Waals surface area contributed by atoms with Gasteiger partial charge in [-0.15, -0.1) is 10.2 Å². The number of carbonyl (C=O) groups is 8. The number of aromatic nitrogens is 4. The van der Waals surface area contributed by atoms with E-state index in [2.05, 4.69) is 41.9 Å². The number of aliphatic hydroxyl groups excluding tert-OH is 1. The Bertz CT molecular complexity index is 1950.